The number of alkyl carbamates (subject to hydrolysis) is 1. The zero-order chi connectivity index (χ0) is 36.2. The number of aliphatic hydroxyl groups is 1. The van der Waals surface area contributed by atoms with Gasteiger partial charge < -0.3 is 35.3 Å². The van der Waals surface area contributed by atoms with Crippen LogP contribution in [0.25, 0.3) is 21.6 Å². The molecule has 0 radical (unpaired) electrons. The SMILES string of the molecule is COC(=O)c1nc(C(=O)NCC(C)(C)O)ccc1-c1cc2c(cc1C(=O)Nc1ccc(CNC(=O)OC(C)(C)C)cc1)-c1sccc1CCO2. The minimum atomic E-state index is -1.16. The summed E-state index contributed by atoms with van der Waals surface area (Å²) in [5.41, 5.74) is 1.93. The summed E-state index contributed by atoms with van der Waals surface area (Å²) in [6.45, 7) is 9.06. The van der Waals surface area contributed by atoms with Crippen molar-refractivity contribution >= 4 is 40.9 Å². The maximum atomic E-state index is 14.1. The number of benzene rings is 2. The fourth-order valence-electron chi connectivity index (χ4n) is 5.16. The van der Waals surface area contributed by atoms with Crippen molar-refractivity contribution in [3.8, 4) is 27.3 Å². The Morgan fingerprint density at radius 2 is 1.66 bits per heavy atom. The van der Waals surface area contributed by atoms with E-state index in [0.29, 0.717) is 30.0 Å². The number of aromatic nitrogens is 1. The van der Waals surface area contributed by atoms with Crippen LogP contribution in [0.15, 0.2) is 60.0 Å². The molecule has 1 aliphatic heterocycles. The van der Waals surface area contributed by atoms with Gasteiger partial charge >= 0.3 is 12.1 Å². The van der Waals surface area contributed by atoms with Gasteiger partial charge in [0.1, 0.15) is 17.0 Å². The number of esters is 1. The lowest BCUT2D eigenvalue weighted by molar-refractivity contribution is 0.0522. The summed E-state index contributed by atoms with van der Waals surface area (Å²) in [7, 11) is 1.20. The van der Waals surface area contributed by atoms with Crippen LogP contribution in [-0.2, 0) is 22.4 Å². The van der Waals surface area contributed by atoms with Crippen LogP contribution >= 0.6 is 11.3 Å². The normalized spacial score (nSPS) is 12.4. The second kappa shape index (κ2) is 14.7. The number of thiophene rings is 1. The summed E-state index contributed by atoms with van der Waals surface area (Å²) in [6, 6.07) is 15.5. The number of ether oxygens (including phenoxy) is 3. The van der Waals surface area contributed by atoms with Crippen LogP contribution in [0.1, 0.15) is 77.1 Å². The van der Waals surface area contributed by atoms with Gasteiger partial charge in [-0.2, -0.15) is 0 Å². The lowest BCUT2D eigenvalue weighted by Crippen LogP contribution is -2.38. The van der Waals surface area contributed by atoms with Crippen molar-refractivity contribution < 1.29 is 38.5 Å². The van der Waals surface area contributed by atoms with Crippen molar-refractivity contribution in [2.75, 3.05) is 25.6 Å². The van der Waals surface area contributed by atoms with E-state index in [1.807, 2.05) is 11.4 Å². The van der Waals surface area contributed by atoms with Crippen LogP contribution in [0, 0.1) is 0 Å². The molecule has 2 aromatic carbocycles. The Kier molecular flexibility index (Phi) is 10.6. The summed E-state index contributed by atoms with van der Waals surface area (Å²) < 4.78 is 16.5. The summed E-state index contributed by atoms with van der Waals surface area (Å²) in [6.07, 6.45) is 0.148. The van der Waals surface area contributed by atoms with Crippen molar-refractivity contribution in [1.82, 2.24) is 15.6 Å². The Morgan fingerprint density at radius 1 is 0.920 bits per heavy atom. The Bertz CT molecular complexity index is 1920. The van der Waals surface area contributed by atoms with Crippen molar-refractivity contribution in [3.63, 3.8) is 0 Å². The van der Waals surface area contributed by atoms with Crippen LogP contribution in [0.4, 0.5) is 10.5 Å². The molecular weight excluding hydrogens is 660 g/mol. The van der Waals surface area contributed by atoms with Gasteiger partial charge in [0, 0.05) is 52.3 Å². The fraction of sp³-hybridized carbons (Fsp3) is 0.324. The first-order valence-corrected chi connectivity index (χ1v) is 16.8. The van der Waals surface area contributed by atoms with Gasteiger partial charge in [0.05, 0.1) is 19.3 Å². The molecule has 262 valence electrons. The van der Waals surface area contributed by atoms with Crippen LogP contribution in [-0.4, -0.2) is 65.4 Å². The van der Waals surface area contributed by atoms with Crippen LogP contribution < -0.4 is 20.7 Å². The number of pyridine rings is 1. The number of nitrogens with zero attached hydrogens (tertiary/aromatic N) is 1. The summed E-state index contributed by atoms with van der Waals surface area (Å²) in [5, 5.41) is 20.3. The summed E-state index contributed by atoms with van der Waals surface area (Å²) in [5.74, 6) is -1.34. The highest BCUT2D eigenvalue weighted by atomic mass is 32.1. The maximum absolute atomic E-state index is 14.1. The number of amides is 3. The molecule has 0 fully saturated rings. The molecule has 12 nitrogen and oxygen atoms in total. The molecule has 4 N–H and O–H groups in total. The van der Waals surface area contributed by atoms with Crippen molar-refractivity contribution in [2.24, 2.45) is 0 Å². The highest BCUT2D eigenvalue weighted by Gasteiger charge is 2.27. The molecular formula is C37H40N4O8S. The molecule has 0 bridgehead atoms. The monoisotopic (exact) mass is 700 g/mol. The first-order chi connectivity index (χ1) is 23.6. The van der Waals surface area contributed by atoms with Gasteiger partial charge in [-0.05, 0) is 93.6 Å². The summed E-state index contributed by atoms with van der Waals surface area (Å²) in [4.78, 5) is 57.5. The van der Waals surface area contributed by atoms with E-state index in [1.54, 1.807) is 82.4 Å². The lowest BCUT2D eigenvalue weighted by Gasteiger charge is -2.19. The predicted octanol–water partition coefficient (Wildman–Crippen LogP) is 5.98. The predicted molar refractivity (Wildman–Crippen MR) is 190 cm³/mol. The quantitative estimate of drug-likeness (QED) is 0.154. The highest BCUT2D eigenvalue weighted by molar-refractivity contribution is 7.13. The second-order valence-corrected chi connectivity index (χ2v) is 14.3. The van der Waals surface area contributed by atoms with Crippen LogP contribution in [0.3, 0.4) is 0 Å². The number of fused-ring (bicyclic) bond motifs is 3. The maximum Gasteiger partial charge on any atom is 0.407 e. The first kappa shape index (κ1) is 36.0. The van der Waals surface area contributed by atoms with E-state index >= 15 is 0 Å². The molecule has 4 aromatic rings. The van der Waals surface area contributed by atoms with Crippen molar-refractivity contribution in [3.05, 3.63) is 88.1 Å². The van der Waals surface area contributed by atoms with Crippen molar-refractivity contribution in [2.45, 2.75) is 58.8 Å². The standard InChI is InChI=1S/C37H40N4O8S/c1-36(2,3)49-35(45)38-19-21-7-9-23(10-8-21)40-32(42)26-17-27-29(48-15-13-22-14-16-50-31(22)27)18-25(26)24-11-12-28(41-30(24)34(44)47-6)33(43)39-20-37(4,5)46/h7-12,14,16-18,46H,13,15,19-20H2,1-6H3,(H,38,45)(H,39,43)(H,40,42). The van der Waals surface area contributed by atoms with E-state index in [1.165, 1.54) is 19.2 Å². The van der Waals surface area contributed by atoms with Gasteiger partial charge in [0.15, 0.2) is 5.69 Å². The minimum absolute atomic E-state index is 0.0404. The van der Waals surface area contributed by atoms with Gasteiger partial charge in [-0.15, -0.1) is 11.3 Å². The number of carbonyl (C=O) groups is 4. The zero-order valence-electron chi connectivity index (χ0n) is 28.8. The third-order valence-corrected chi connectivity index (χ3v) is 8.50. The Morgan fingerprint density at radius 3 is 2.34 bits per heavy atom. The first-order valence-electron chi connectivity index (χ1n) is 16.0. The third-order valence-electron chi connectivity index (χ3n) is 7.51. The Hall–Kier alpha value is -5.27. The fourth-order valence-corrected chi connectivity index (χ4v) is 6.14. The van der Waals surface area contributed by atoms with E-state index < -0.39 is 35.1 Å². The van der Waals surface area contributed by atoms with E-state index in [-0.39, 0.29) is 35.6 Å². The molecule has 0 saturated heterocycles. The minimum Gasteiger partial charge on any atom is -0.493 e. The number of hydrogen-bond donors (Lipinski definition) is 4. The molecule has 0 atom stereocenters. The molecule has 3 heterocycles. The Balaban J connectivity index is 1.51. The molecule has 0 spiro atoms. The molecule has 0 unspecified atom stereocenters. The molecule has 2 aromatic heterocycles. The highest BCUT2D eigenvalue weighted by Crippen LogP contribution is 2.43. The number of hydrogen-bond acceptors (Lipinski definition) is 10. The molecule has 13 heteroatoms. The van der Waals surface area contributed by atoms with E-state index in [9.17, 15) is 24.3 Å². The van der Waals surface area contributed by atoms with Crippen LogP contribution in [0.2, 0.25) is 0 Å². The number of rotatable bonds is 9. The molecule has 0 saturated carbocycles. The van der Waals surface area contributed by atoms with Gasteiger partial charge in [0.25, 0.3) is 11.8 Å². The number of nitrogens with one attached hydrogen (secondary N) is 3. The van der Waals surface area contributed by atoms with E-state index in [2.05, 4.69) is 20.9 Å². The molecule has 3 amide bonds. The molecule has 0 aliphatic carbocycles. The smallest absolute Gasteiger partial charge is 0.407 e. The third kappa shape index (κ3) is 8.84. The number of methoxy groups -OCH3 is 1. The molecule has 1 aliphatic rings. The topological polar surface area (TPSA) is 165 Å². The van der Waals surface area contributed by atoms with Gasteiger partial charge in [-0.1, -0.05) is 12.1 Å². The van der Waals surface area contributed by atoms with Crippen LogP contribution in [0.5, 0.6) is 5.75 Å². The zero-order valence-corrected chi connectivity index (χ0v) is 29.6. The lowest BCUT2D eigenvalue weighted by atomic mass is 9.93. The number of anilines is 1. The molecule has 5 rings (SSSR count). The average molecular weight is 701 g/mol. The summed E-state index contributed by atoms with van der Waals surface area (Å²) >= 11 is 1.54. The second-order valence-electron chi connectivity index (χ2n) is 13.4. The number of carbonyl (C=O) groups excluding carboxylic acids is 4. The molecule has 50 heavy (non-hydrogen) atoms. The van der Waals surface area contributed by atoms with E-state index in [0.717, 1.165) is 21.6 Å². The van der Waals surface area contributed by atoms with Gasteiger partial charge in [0.2, 0.25) is 0 Å². The van der Waals surface area contributed by atoms with Gasteiger partial charge in [-0.25, -0.2) is 14.6 Å². The van der Waals surface area contributed by atoms with Crippen molar-refractivity contribution in [1.29, 1.82) is 0 Å². The largest absolute Gasteiger partial charge is 0.493 e. The average Bonchev–Trinajstić information content (AvgIpc) is 3.46. The Labute approximate surface area is 294 Å². The van der Waals surface area contributed by atoms with E-state index in [4.69, 9.17) is 14.2 Å². The van der Waals surface area contributed by atoms with Gasteiger partial charge in [-0.3, -0.25) is 9.59 Å².